The van der Waals surface area contributed by atoms with Crippen molar-refractivity contribution in [2.45, 2.75) is 59.0 Å². The number of likely N-dealkylation sites (tertiary alicyclic amines) is 1. The van der Waals surface area contributed by atoms with Gasteiger partial charge in [0.2, 0.25) is 0 Å². The van der Waals surface area contributed by atoms with Crippen molar-refractivity contribution in [1.29, 1.82) is 0 Å². The van der Waals surface area contributed by atoms with Gasteiger partial charge in [0, 0.05) is 18.6 Å². The molecule has 2 aliphatic rings. The molecule has 2 rings (SSSR count). The van der Waals surface area contributed by atoms with E-state index in [4.69, 9.17) is 0 Å². The van der Waals surface area contributed by atoms with E-state index in [0.717, 1.165) is 23.8 Å². The predicted octanol–water partition coefficient (Wildman–Crippen LogP) is 2.74. The molecule has 1 atom stereocenters. The topological polar surface area (TPSA) is 15.3 Å². The van der Waals surface area contributed by atoms with Crippen molar-refractivity contribution in [3.8, 4) is 0 Å². The van der Waals surface area contributed by atoms with Crippen molar-refractivity contribution in [2.75, 3.05) is 19.6 Å². The average Bonchev–Trinajstić information content (AvgIpc) is 2.99. The Morgan fingerprint density at radius 1 is 1.06 bits per heavy atom. The lowest BCUT2D eigenvalue weighted by atomic mass is 9.92. The minimum Gasteiger partial charge on any atom is -0.313 e. The van der Waals surface area contributed by atoms with Gasteiger partial charge in [0.25, 0.3) is 0 Å². The van der Waals surface area contributed by atoms with Gasteiger partial charge in [0.1, 0.15) is 0 Å². The van der Waals surface area contributed by atoms with E-state index in [1.807, 2.05) is 0 Å². The number of rotatable bonds is 6. The molecule has 0 amide bonds. The van der Waals surface area contributed by atoms with E-state index in [2.05, 4.69) is 37.9 Å². The molecule has 17 heavy (non-hydrogen) atoms. The normalized spacial score (nSPS) is 26.6. The van der Waals surface area contributed by atoms with E-state index < -0.39 is 0 Å². The second-order valence-corrected chi connectivity index (χ2v) is 6.80. The Kier molecular flexibility index (Phi) is 4.48. The number of nitrogens with zero attached hydrogens (tertiary/aromatic N) is 1. The van der Waals surface area contributed by atoms with Gasteiger partial charge in [0.15, 0.2) is 0 Å². The van der Waals surface area contributed by atoms with Gasteiger partial charge < -0.3 is 10.2 Å². The summed E-state index contributed by atoms with van der Waals surface area (Å²) in [5.74, 6) is 2.39. The van der Waals surface area contributed by atoms with Crippen molar-refractivity contribution in [2.24, 2.45) is 17.8 Å². The van der Waals surface area contributed by atoms with Crippen LogP contribution >= 0.6 is 0 Å². The minimum atomic E-state index is 0.685. The van der Waals surface area contributed by atoms with Gasteiger partial charge >= 0.3 is 0 Å². The van der Waals surface area contributed by atoms with Crippen LogP contribution in [0.25, 0.3) is 0 Å². The molecule has 1 saturated heterocycles. The molecule has 1 N–H and O–H groups in total. The fraction of sp³-hybridized carbons (Fsp3) is 1.00. The van der Waals surface area contributed by atoms with E-state index >= 15 is 0 Å². The maximum Gasteiger partial charge on any atom is 0.0113 e. The highest BCUT2D eigenvalue weighted by Crippen LogP contribution is 2.31. The van der Waals surface area contributed by atoms with Gasteiger partial charge in [-0.15, -0.1) is 0 Å². The Labute approximate surface area is 107 Å². The summed E-state index contributed by atoms with van der Waals surface area (Å²) in [5.41, 5.74) is 0. The van der Waals surface area contributed by atoms with Crippen LogP contribution in [0.3, 0.4) is 0 Å². The van der Waals surface area contributed by atoms with Crippen LogP contribution in [0.2, 0.25) is 0 Å². The van der Waals surface area contributed by atoms with Crippen LogP contribution in [0.1, 0.15) is 47.0 Å². The Morgan fingerprint density at radius 3 is 2.24 bits per heavy atom. The second kappa shape index (κ2) is 5.71. The number of hydrogen-bond donors (Lipinski definition) is 1. The first-order valence-corrected chi connectivity index (χ1v) is 7.55. The Hall–Kier alpha value is -0.0800. The highest BCUT2D eigenvalue weighted by molar-refractivity contribution is 4.90. The summed E-state index contributed by atoms with van der Waals surface area (Å²) in [4.78, 5) is 2.71. The second-order valence-electron chi connectivity index (χ2n) is 6.80. The lowest BCUT2D eigenvalue weighted by Gasteiger charge is -2.27. The summed E-state index contributed by atoms with van der Waals surface area (Å²) >= 11 is 0. The van der Waals surface area contributed by atoms with Crippen LogP contribution in [0.5, 0.6) is 0 Å². The third-order valence-electron chi connectivity index (χ3n) is 4.46. The first-order chi connectivity index (χ1) is 8.08. The molecule has 0 aromatic carbocycles. The smallest absolute Gasteiger partial charge is 0.0113 e. The molecule has 1 aliphatic heterocycles. The van der Waals surface area contributed by atoms with Crippen LogP contribution in [-0.2, 0) is 0 Å². The van der Waals surface area contributed by atoms with Crippen molar-refractivity contribution in [1.82, 2.24) is 10.2 Å². The predicted molar refractivity (Wildman–Crippen MR) is 74.2 cm³/mol. The van der Waals surface area contributed by atoms with E-state index in [1.54, 1.807) is 0 Å². The molecule has 0 radical (unpaired) electrons. The van der Waals surface area contributed by atoms with Gasteiger partial charge in [-0.25, -0.2) is 0 Å². The first kappa shape index (κ1) is 13.4. The first-order valence-electron chi connectivity index (χ1n) is 7.55. The van der Waals surface area contributed by atoms with Crippen molar-refractivity contribution in [3.63, 3.8) is 0 Å². The van der Waals surface area contributed by atoms with Gasteiger partial charge in [-0.05, 0) is 50.1 Å². The zero-order valence-corrected chi connectivity index (χ0v) is 12.1. The highest BCUT2D eigenvalue weighted by atomic mass is 15.2. The lowest BCUT2D eigenvalue weighted by molar-refractivity contribution is 0.281. The quantitative estimate of drug-likeness (QED) is 0.765. The van der Waals surface area contributed by atoms with E-state index in [0.29, 0.717) is 6.04 Å². The summed E-state index contributed by atoms with van der Waals surface area (Å²) in [6, 6.07) is 1.65. The SMILES string of the molecule is CC(C)C(NCC1CCN(C2CC2)C1)C(C)C. The zero-order valence-electron chi connectivity index (χ0n) is 12.1. The molecule has 0 aromatic heterocycles. The van der Waals surface area contributed by atoms with Gasteiger partial charge in [0.05, 0.1) is 0 Å². The summed E-state index contributed by atoms with van der Waals surface area (Å²) in [6.07, 6.45) is 4.33. The third kappa shape index (κ3) is 3.69. The molecule has 1 heterocycles. The van der Waals surface area contributed by atoms with Crippen molar-refractivity contribution < 1.29 is 0 Å². The fourth-order valence-electron chi connectivity index (χ4n) is 3.34. The molecular weight excluding hydrogens is 208 g/mol. The van der Waals surface area contributed by atoms with Gasteiger partial charge in [-0.1, -0.05) is 27.7 Å². The van der Waals surface area contributed by atoms with Crippen LogP contribution < -0.4 is 5.32 Å². The van der Waals surface area contributed by atoms with Crippen molar-refractivity contribution >= 4 is 0 Å². The molecule has 100 valence electrons. The molecule has 1 unspecified atom stereocenters. The molecule has 2 nitrogen and oxygen atoms in total. The molecular formula is C15H30N2. The molecule has 1 saturated carbocycles. The van der Waals surface area contributed by atoms with Crippen LogP contribution in [0.4, 0.5) is 0 Å². The monoisotopic (exact) mass is 238 g/mol. The molecule has 0 aromatic rings. The Bertz CT molecular complexity index is 225. The van der Waals surface area contributed by atoms with Gasteiger partial charge in [-0.3, -0.25) is 0 Å². The van der Waals surface area contributed by atoms with Gasteiger partial charge in [-0.2, -0.15) is 0 Å². The number of hydrogen-bond acceptors (Lipinski definition) is 2. The van der Waals surface area contributed by atoms with Crippen molar-refractivity contribution in [3.05, 3.63) is 0 Å². The van der Waals surface area contributed by atoms with Crippen LogP contribution in [0.15, 0.2) is 0 Å². The summed E-state index contributed by atoms with van der Waals surface area (Å²) < 4.78 is 0. The lowest BCUT2D eigenvalue weighted by Crippen LogP contribution is -2.41. The zero-order chi connectivity index (χ0) is 12.4. The Balaban J connectivity index is 1.70. The highest BCUT2D eigenvalue weighted by Gasteiger charge is 2.34. The largest absolute Gasteiger partial charge is 0.313 e. The van der Waals surface area contributed by atoms with E-state index in [-0.39, 0.29) is 0 Å². The minimum absolute atomic E-state index is 0.685. The molecule has 1 aliphatic carbocycles. The molecule has 2 fully saturated rings. The summed E-state index contributed by atoms with van der Waals surface area (Å²) in [5, 5.41) is 3.81. The molecule has 0 spiro atoms. The Morgan fingerprint density at radius 2 is 1.71 bits per heavy atom. The molecule has 2 heteroatoms. The fourth-order valence-corrected chi connectivity index (χ4v) is 3.34. The maximum atomic E-state index is 3.81. The summed E-state index contributed by atoms with van der Waals surface area (Å²) in [7, 11) is 0. The van der Waals surface area contributed by atoms with E-state index in [9.17, 15) is 0 Å². The van der Waals surface area contributed by atoms with Crippen LogP contribution in [-0.4, -0.2) is 36.6 Å². The standard InChI is InChI=1S/C15H30N2/c1-11(2)15(12(3)4)16-9-13-7-8-17(10-13)14-5-6-14/h11-16H,5-10H2,1-4H3. The third-order valence-corrected chi connectivity index (χ3v) is 4.46. The number of nitrogens with one attached hydrogen (secondary N) is 1. The van der Waals surface area contributed by atoms with Crippen LogP contribution in [0, 0.1) is 17.8 Å². The molecule has 0 bridgehead atoms. The van der Waals surface area contributed by atoms with E-state index in [1.165, 1.54) is 38.9 Å². The maximum absolute atomic E-state index is 3.81. The summed E-state index contributed by atoms with van der Waals surface area (Å²) in [6.45, 7) is 13.3. The average molecular weight is 238 g/mol.